The third kappa shape index (κ3) is 9.24. The Labute approximate surface area is 264 Å². The summed E-state index contributed by atoms with van der Waals surface area (Å²) in [4.78, 5) is 43.8. The fourth-order valence-electron chi connectivity index (χ4n) is 5.68. The van der Waals surface area contributed by atoms with Crippen LogP contribution in [0.3, 0.4) is 0 Å². The molecule has 2 aromatic carbocycles. The molecule has 44 heavy (non-hydrogen) atoms. The number of likely N-dealkylation sites (tertiary alicyclic amines) is 1. The second-order valence-electron chi connectivity index (χ2n) is 11.3. The maximum Gasteiger partial charge on any atom is 0.243 e. The Morgan fingerprint density at radius 3 is 2.48 bits per heavy atom. The molecule has 2 aliphatic heterocycles. The van der Waals surface area contributed by atoms with Gasteiger partial charge in [0.05, 0.1) is 24.9 Å². The van der Waals surface area contributed by atoms with Crippen LogP contribution in [0.4, 0.5) is 0 Å². The average Bonchev–Trinajstić information content (AvgIpc) is 3.03. The van der Waals surface area contributed by atoms with Gasteiger partial charge in [-0.15, -0.1) is 0 Å². The van der Waals surface area contributed by atoms with Crippen molar-refractivity contribution in [3.8, 4) is 0 Å². The lowest BCUT2D eigenvalue weighted by Crippen LogP contribution is -2.56. The molecule has 2 aromatic rings. The SMILES string of the molecule is CC(C(=O)N1CCCCC1C(=O)NCc1cc(Cl)ccc1CN)C(CC(=O)N1CCOCC1)NS(=O)(=O)Cc1ccccc1. The number of sulfonamides is 1. The molecule has 13 heteroatoms. The lowest BCUT2D eigenvalue weighted by molar-refractivity contribution is -0.146. The molecule has 11 nitrogen and oxygen atoms in total. The minimum absolute atomic E-state index is 0.192. The predicted octanol–water partition coefficient (Wildman–Crippen LogP) is 2.17. The number of halogens is 1. The summed E-state index contributed by atoms with van der Waals surface area (Å²) < 4.78 is 34.6. The number of morpholine rings is 1. The van der Waals surface area contributed by atoms with E-state index in [0.717, 1.165) is 17.5 Å². The molecule has 0 spiro atoms. The van der Waals surface area contributed by atoms with Crippen molar-refractivity contribution in [2.75, 3.05) is 32.8 Å². The Morgan fingerprint density at radius 2 is 1.77 bits per heavy atom. The third-order valence-electron chi connectivity index (χ3n) is 8.21. The molecule has 4 N–H and O–H groups in total. The van der Waals surface area contributed by atoms with Gasteiger partial charge in [0.25, 0.3) is 0 Å². The Kier molecular flexibility index (Phi) is 12.2. The highest BCUT2D eigenvalue weighted by atomic mass is 35.5. The number of nitrogens with one attached hydrogen (secondary N) is 2. The maximum atomic E-state index is 14.0. The maximum absolute atomic E-state index is 14.0. The van der Waals surface area contributed by atoms with E-state index in [1.54, 1.807) is 54.3 Å². The molecule has 0 aliphatic carbocycles. The molecular formula is C31H42ClN5O6S. The fraction of sp³-hybridized carbons (Fsp3) is 0.516. The topological polar surface area (TPSA) is 151 Å². The van der Waals surface area contributed by atoms with E-state index in [1.807, 2.05) is 6.07 Å². The monoisotopic (exact) mass is 647 g/mol. The summed E-state index contributed by atoms with van der Waals surface area (Å²) in [5.41, 5.74) is 8.09. The Balaban J connectivity index is 1.50. The lowest BCUT2D eigenvalue weighted by Gasteiger charge is -2.38. The lowest BCUT2D eigenvalue weighted by atomic mass is 9.93. The molecule has 2 heterocycles. The second-order valence-corrected chi connectivity index (χ2v) is 13.5. The number of carbonyl (C=O) groups is 3. The van der Waals surface area contributed by atoms with Crippen molar-refractivity contribution in [1.29, 1.82) is 0 Å². The van der Waals surface area contributed by atoms with Crippen LogP contribution in [-0.4, -0.2) is 80.9 Å². The number of ether oxygens (including phenoxy) is 1. The van der Waals surface area contributed by atoms with Crippen LogP contribution in [0.5, 0.6) is 0 Å². The summed E-state index contributed by atoms with van der Waals surface area (Å²) in [6, 6.07) is 12.3. The van der Waals surface area contributed by atoms with Gasteiger partial charge in [-0.3, -0.25) is 14.4 Å². The standard InChI is InChI=1S/C31H42ClN5O6S/c1-22(27(18-29(38)36-13-15-43-16-14-36)35-44(41,42)21-23-7-3-2-4-8-23)31(40)37-12-6-5-9-28(37)30(39)34-20-25-17-26(32)11-10-24(25)19-33/h2-4,7-8,10-11,17,22,27-28,35H,5-6,9,12-16,18-21,33H2,1H3,(H,34,39). The van der Waals surface area contributed by atoms with E-state index in [0.29, 0.717) is 62.8 Å². The molecule has 0 radical (unpaired) electrons. The van der Waals surface area contributed by atoms with E-state index < -0.39 is 28.0 Å². The molecule has 2 saturated heterocycles. The molecule has 4 rings (SSSR count). The molecule has 2 fully saturated rings. The van der Waals surface area contributed by atoms with E-state index >= 15 is 0 Å². The molecule has 0 aromatic heterocycles. The summed E-state index contributed by atoms with van der Waals surface area (Å²) in [5.74, 6) is -2.14. The van der Waals surface area contributed by atoms with Crippen molar-refractivity contribution < 1.29 is 27.5 Å². The number of nitrogens with two attached hydrogens (primary N) is 1. The van der Waals surface area contributed by atoms with Crippen molar-refractivity contribution in [2.45, 2.75) is 63.5 Å². The predicted molar refractivity (Wildman–Crippen MR) is 168 cm³/mol. The molecular weight excluding hydrogens is 606 g/mol. The van der Waals surface area contributed by atoms with Gasteiger partial charge in [0.2, 0.25) is 27.7 Å². The zero-order valence-electron chi connectivity index (χ0n) is 25.0. The average molecular weight is 648 g/mol. The van der Waals surface area contributed by atoms with Crippen molar-refractivity contribution in [3.63, 3.8) is 0 Å². The molecule has 3 amide bonds. The quantitative estimate of drug-likeness (QED) is 0.319. The van der Waals surface area contributed by atoms with Gasteiger partial charge in [-0.05, 0) is 48.1 Å². The van der Waals surface area contributed by atoms with Crippen molar-refractivity contribution in [2.24, 2.45) is 11.7 Å². The van der Waals surface area contributed by atoms with Crippen LogP contribution in [0.1, 0.15) is 49.3 Å². The fourth-order valence-corrected chi connectivity index (χ4v) is 7.33. The summed E-state index contributed by atoms with van der Waals surface area (Å²) >= 11 is 6.16. The Morgan fingerprint density at radius 1 is 1.05 bits per heavy atom. The second kappa shape index (κ2) is 15.8. The molecule has 0 saturated carbocycles. The van der Waals surface area contributed by atoms with Crippen molar-refractivity contribution >= 4 is 39.3 Å². The molecule has 240 valence electrons. The highest BCUT2D eigenvalue weighted by Gasteiger charge is 2.39. The van der Waals surface area contributed by atoms with Gasteiger partial charge < -0.3 is 25.6 Å². The zero-order chi connectivity index (χ0) is 31.7. The smallest absolute Gasteiger partial charge is 0.243 e. The van der Waals surface area contributed by atoms with Gasteiger partial charge in [0.15, 0.2) is 0 Å². The first-order chi connectivity index (χ1) is 21.1. The number of hydrogen-bond acceptors (Lipinski definition) is 7. The van der Waals surface area contributed by atoms with Gasteiger partial charge in [-0.1, -0.05) is 54.9 Å². The summed E-state index contributed by atoms with van der Waals surface area (Å²) in [6.45, 7) is 4.07. The van der Waals surface area contributed by atoms with Crippen LogP contribution in [-0.2, 0) is 48.0 Å². The van der Waals surface area contributed by atoms with E-state index in [4.69, 9.17) is 22.1 Å². The summed E-state index contributed by atoms with van der Waals surface area (Å²) in [5, 5.41) is 3.46. The first-order valence-electron chi connectivity index (χ1n) is 15.0. The normalized spacial score (nSPS) is 18.8. The van der Waals surface area contributed by atoms with E-state index in [2.05, 4.69) is 10.0 Å². The van der Waals surface area contributed by atoms with Crippen LogP contribution < -0.4 is 15.8 Å². The van der Waals surface area contributed by atoms with E-state index in [9.17, 15) is 22.8 Å². The van der Waals surface area contributed by atoms with Gasteiger partial charge in [0, 0.05) is 50.2 Å². The van der Waals surface area contributed by atoms with Crippen LogP contribution in [0.25, 0.3) is 0 Å². The number of piperidine rings is 1. The highest BCUT2D eigenvalue weighted by Crippen LogP contribution is 2.24. The number of amides is 3. The number of carbonyl (C=O) groups excluding carboxylic acids is 3. The summed E-state index contributed by atoms with van der Waals surface area (Å²) in [7, 11) is -3.92. The van der Waals surface area contributed by atoms with Gasteiger partial charge in [-0.2, -0.15) is 0 Å². The van der Waals surface area contributed by atoms with Crippen molar-refractivity contribution in [1.82, 2.24) is 19.8 Å². The minimum atomic E-state index is -3.92. The number of hydrogen-bond donors (Lipinski definition) is 3. The largest absolute Gasteiger partial charge is 0.378 e. The van der Waals surface area contributed by atoms with Crippen molar-refractivity contribution in [3.05, 3.63) is 70.2 Å². The number of rotatable bonds is 12. The summed E-state index contributed by atoms with van der Waals surface area (Å²) in [6.07, 6.45) is 1.76. The number of nitrogens with zero attached hydrogens (tertiary/aromatic N) is 2. The minimum Gasteiger partial charge on any atom is -0.378 e. The first-order valence-corrected chi connectivity index (χ1v) is 17.1. The van der Waals surface area contributed by atoms with Crippen LogP contribution in [0.2, 0.25) is 5.02 Å². The molecule has 0 bridgehead atoms. The van der Waals surface area contributed by atoms with Gasteiger partial charge in [-0.25, -0.2) is 13.1 Å². The zero-order valence-corrected chi connectivity index (χ0v) is 26.6. The molecule has 2 aliphatic rings. The Bertz CT molecular complexity index is 1400. The van der Waals surface area contributed by atoms with Gasteiger partial charge in [0.1, 0.15) is 6.04 Å². The number of benzene rings is 2. The van der Waals surface area contributed by atoms with E-state index in [1.165, 1.54) is 4.90 Å². The van der Waals surface area contributed by atoms with Gasteiger partial charge >= 0.3 is 0 Å². The molecule has 3 atom stereocenters. The Hall–Kier alpha value is -3.03. The third-order valence-corrected chi connectivity index (χ3v) is 9.82. The highest BCUT2D eigenvalue weighted by molar-refractivity contribution is 7.88. The van der Waals surface area contributed by atoms with Crippen LogP contribution in [0.15, 0.2) is 48.5 Å². The first kappa shape index (κ1) is 33.9. The van der Waals surface area contributed by atoms with Crippen LogP contribution in [0, 0.1) is 5.92 Å². The molecule has 3 unspecified atom stereocenters. The van der Waals surface area contributed by atoms with E-state index in [-0.39, 0.29) is 36.4 Å². The van der Waals surface area contributed by atoms with Crippen LogP contribution >= 0.6 is 11.6 Å².